The van der Waals surface area contributed by atoms with Gasteiger partial charge < -0.3 is 31.1 Å². The largest absolute Gasteiger partial charge is 0.394 e. The van der Waals surface area contributed by atoms with Gasteiger partial charge in [0.1, 0.15) is 13.1 Å². The fraction of sp³-hybridized carbons (Fsp3) is 0.357. The molecule has 23 heteroatoms. The first kappa shape index (κ1) is 39.5. The number of halogens is 2. The molecule has 2 aromatic carbocycles. The molecule has 8 N–H and O–H groups in total. The average Bonchev–Trinajstić information content (AvgIpc) is 3.54. The van der Waals surface area contributed by atoms with E-state index >= 15 is 0 Å². The summed E-state index contributed by atoms with van der Waals surface area (Å²) in [6.45, 7) is 4.12. The zero-order valence-corrected chi connectivity index (χ0v) is 30.7. The summed E-state index contributed by atoms with van der Waals surface area (Å²) in [5, 5.41) is 15.9. The van der Waals surface area contributed by atoms with Crippen LogP contribution >= 0.6 is 45.9 Å². The Morgan fingerprint density at radius 2 is 0.961 bits per heavy atom. The molecule has 4 aromatic rings. The number of aromatic nitrogens is 2. The Morgan fingerprint density at radius 1 is 0.667 bits per heavy atom. The number of amides is 2. The normalized spacial score (nSPS) is 14.8. The van der Waals surface area contributed by atoms with Crippen LogP contribution in [0.5, 0.6) is 0 Å². The molecule has 2 fully saturated rings. The lowest BCUT2D eigenvalue weighted by Gasteiger charge is -2.34. The van der Waals surface area contributed by atoms with Crippen molar-refractivity contribution >= 4 is 100 Å². The van der Waals surface area contributed by atoms with Gasteiger partial charge in [0.25, 0.3) is 0 Å². The molecule has 0 saturated carbocycles. The van der Waals surface area contributed by atoms with Crippen LogP contribution in [0.1, 0.15) is 0 Å². The van der Waals surface area contributed by atoms with Gasteiger partial charge in [-0.1, -0.05) is 45.9 Å². The molecule has 0 aliphatic carbocycles. The number of nitrogens with two attached hydrogens (primary N) is 2. The maximum atomic E-state index is 12.5. The number of piperazine rings is 2. The minimum absolute atomic E-state index is 0.000747. The highest BCUT2D eigenvalue weighted by Crippen LogP contribution is 2.23. The molecule has 6 rings (SSSR count). The number of carbonyl (C=O) groups is 2. The fourth-order valence-corrected chi connectivity index (χ4v) is 7.31. The third kappa shape index (κ3) is 10.9. The van der Waals surface area contributed by atoms with Crippen LogP contribution in [0.15, 0.2) is 46.0 Å². The highest BCUT2D eigenvalue weighted by atomic mass is 35.5. The lowest BCUT2D eigenvalue weighted by Crippen LogP contribution is -2.53. The Kier molecular flexibility index (Phi) is 13.1. The number of nitrogens with one attached hydrogen (secondary N) is 2. The van der Waals surface area contributed by atoms with E-state index in [2.05, 4.69) is 0 Å². The average molecular weight is 806 g/mol. The molecule has 0 unspecified atom stereocenters. The SMILES string of the molecule is N=C(N)N1CCN(C(=O)Cn2c(=O)sc3ccc(Cl)cc32)CC1.N=C(N)N1CCN(C(=O)Cn2c(=O)sc3ccc(Cl)cc32)CC1.O=S(=O)(O)O. The van der Waals surface area contributed by atoms with Crippen molar-refractivity contribution in [1.82, 2.24) is 28.7 Å². The summed E-state index contributed by atoms with van der Waals surface area (Å²) in [6, 6.07) is 10.4. The van der Waals surface area contributed by atoms with Crippen LogP contribution in [0.2, 0.25) is 10.0 Å². The molecule has 51 heavy (non-hydrogen) atoms. The summed E-state index contributed by atoms with van der Waals surface area (Å²) in [4.78, 5) is 55.7. The van der Waals surface area contributed by atoms with Gasteiger partial charge in [-0.05, 0) is 36.4 Å². The Bertz CT molecular complexity index is 2020. The van der Waals surface area contributed by atoms with E-state index in [0.717, 1.165) is 32.1 Å². The smallest absolute Gasteiger partial charge is 0.370 e. The zero-order valence-electron chi connectivity index (χ0n) is 26.7. The number of thiazole rings is 2. The summed E-state index contributed by atoms with van der Waals surface area (Å²) < 4.78 is 36.1. The number of fused-ring (bicyclic) bond motifs is 2. The molecule has 4 heterocycles. The van der Waals surface area contributed by atoms with E-state index < -0.39 is 10.4 Å². The number of rotatable bonds is 4. The van der Waals surface area contributed by atoms with E-state index in [4.69, 9.17) is 63.0 Å². The van der Waals surface area contributed by atoms with Crippen LogP contribution in [-0.2, 0) is 33.1 Å². The van der Waals surface area contributed by atoms with Crippen molar-refractivity contribution in [2.45, 2.75) is 13.1 Å². The second-order valence-corrected chi connectivity index (χ2v) is 14.8. The van der Waals surface area contributed by atoms with Crippen molar-refractivity contribution in [2.24, 2.45) is 11.5 Å². The van der Waals surface area contributed by atoms with E-state index in [1.807, 2.05) is 0 Å². The molecule has 18 nitrogen and oxygen atoms in total. The number of guanidine groups is 2. The maximum absolute atomic E-state index is 12.5. The lowest BCUT2D eigenvalue weighted by atomic mass is 10.3. The predicted octanol–water partition coefficient (Wildman–Crippen LogP) is 0.855. The monoisotopic (exact) mass is 804 g/mol. The second kappa shape index (κ2) is 16.8. The first-order valence-corrected chi connectivity index (χ1v) is 18.7. The van der Waals surface area contributed by atoms with Gasteiger partial charge in [-0.15, -0.1) is 0 Å². The van der Waals surface area contributed by atoms with E-state index in [0.29, 0.717) is 73.4 Å². The maximum Gasteiger partial charge on any atom is 0.394 e. The number of nitrogens with zero attached hydrogens (tertiary/aromatic N) is 6. The predicted molar refractivity (Wildman–Crippen MR) is 197 cm³/mol. The molecule has 276 valence electrons. The van der Waals surface area contributed by atoms with Crippen molar-refractivity contribution in [3.8, 4) is 0 Å². The molecule has 2 aromatic heterocycles. The van der Waals surface area contributed by atoms with Crippen LogP contribution in [-0.4, -0.2) is 122 Å². The number of hydrogen-bond donors (Lipinski definition) is 6. The lowest BCUT2D eigenvalue weighted by molar-refractivity contribution is -0.133. The molecular weight excluding hydrogens is 771 g/mol. The van der Waals surface area contributed by atoms with Crippen LogP contribution in [0.25, 0.3) is 20.4 Å². The summed E-state index contributed by atoms with van der Waals surface area (Å²) in [7, 11) is -4.67. The second-order valence-electron chi connectivity index (χ2n) is 11.1. The Morgan fingerprint density at radius 3 is 1.25 bits per heavy atom. The van der Waals surface area contributed by atoms with Gasteiger partial charge in [0, 0.05) is 62.4 Å². The molecule has 0 atom stereocenters. The van der Waals surface area contributed by atoms with Gasteiger partial charge in [-0.3, -0.25) is 48.2 Å². The Labute approximate surface area is 308 Å². The highest BCUT2D eigenvalue weighted by molar-refractivity contribution is 7.79. The van der Waals surface area contributed by atoms with E-state index in [1.54, 1.807) is 56.0 Å². The summed E-state index contributed by atoms with van der Waals surface area (Å²) >= 11 is 14.2. The topological polar surface area (TPSA) is 265 Å². The first-order chi connectivity index (χ1) is 23.9. The molecule has 2 amide bonds. The van der Waals surface area contributed by atoms with E-state index in [1.165, 1.54) is 9.13 Å². The first-order valence-electron chi connectivity index (χ1n) is 14.9. The van der Waals surface area contributed by atoms with Gasteiger partial charge in [0.05, 0.1) is 20.4 Å². The quantitative estimate of drug-likeness (QED) is 0.0953. The van der Waals surface area contributed by atoms with Crippen molar-refractivity contribution in [3.63, 3.8) is 0 Å². The van der Waals surface area contributed by atoms with Crippen molar-refractivity contribution < 1.29 is 27.1 Å². The summed E-state index contributed by atoms with van der Waals surface area (Å²) in [5.74, 6) is -0.191. The van der Waals surface area contributed by atoms with Gasteiger partial charge in [0.2, 0.25) is 11.8 Å². The Hall–Kier alpha value is -4.25. The minimum atomic E-state index is -4.67. The van der Waals surface area contributed by atoms with Crippen LogP contribution in [0, 0.1) is 10.8 Å². The fourth-order valence-electron chi connectivity index (χ4n) is 5.23. The molecular formula is C28H34Cl2N10O8S3. The summed E-state index contributed by atoms with van der Waals surface area (Å²) in [5.41, 5.74) is 12.3. The van der Waals surface area contributed by atoms with Crippen LogP contribution in [0.3, 0.4) is 0 Å². The highest BCUT2D eigenvalue weighted by Gasteiger charge is 2.24. The van der Waals surface area contributed by atoms with Gasteiger partial charge in [-0.2, -0.15) is 8.42 Å². The molecule has 0 bridgehead atoms. The third-order valence-corrected chi connectivity index (χ3v) is 10.2. The molecule has 2 aliphatic rings. The number of carbonyl (C=O) groups excluding carboxylic acids is 2. The van der Waals surface area contributed by atoms with Gasteiger partial charge >= 0.3 is 20.1 Å². The minimum Gasteiger partial charge on any atom is -0.370 e. The number of hydrogen-bond acceptors (Lipinski definition) is 10. The van der Waals surface area contributed by atoms with Gasteiger partial charge in [-0.25, -0.2) is 0 Å². The zero-order chi connectivity index (χ0) is 37.6. The van der Waals surface area contributed by atoms with Crippen LogP contribution < -0.4 is 21.2 Å². The van der Waals surface area contributed by atoms with E-state index in [9.17, 15) is 19.2 Å². The van der Waals surface area contributed by atoms with E-state index in [-0.39, 0.29) is 46.6 Å². The third-order valence-electron chi connectivity index (χ3n) is 7.79. The molecule has 2 aliphatic heterocycles. The van der Waals surface area contributed by atoms with Crippen molar-refractivity contribution in [2.75, 3.05) is 52.4 Å². The molecule has 0 radical (unpaired) electrons. The molecule has 0 spiro atoms. The number of benzene rings is 2. The van der Waals surface area contributed by atoms with Gasteiger partial charge in [0.15, 0.2) is 11.9 Å². The summed E-state index contributed by atoms with van der Waals surface area (Å²) in [6.07, 6.45) is 0. The van der Waals surface area contributed by atoms with Crippen LogP contribution in [0.4, 0.5) is 0 Å². The van der Waals surface area contributed by atoms with Crippen molar-refractivity contribution in [3.05, 3.63) is 65.8 Å². The Balaban J connectivity index is 0.000000202. The van der Waals surface area contributed by atoms with Crippen molar-refractivity contribution in [1.29, 1.82) is 10.8 Å². The molecule has 2 saturated heterocycles. The standard InChI is InChI=1S/2C14H16ClN5O2S.H2O4S/c2*15-9-1-2-11-10(7-9)20(14(22)23-11)8-12(21)18-3-5-19(6-4-18)13(16)17;1-5(2,3)4/h2*1-2,7H,3-6,8H2,(H3,16,17);(H2,1,2,3,4).